The van der Waals surface area contributed by atoms with Gasteiger partial charge in [0, 0.05) is 28.9 Å². The number of nitrogens with one attached hydrogen (secondary N) is 1. The maximum absolute atomic E-state index is 12.8. The molecule has 0 saturated heterocycles. The van der Waals surface area contributed by atoms with Crippen molar-refractivity contribution in [2.45, 2.75) is 32.7 Å². The Hall–Kier alpha value is -3.01. The highest BCUT2D eigenvalue weighted by Gasteiger charge is 2.39. The van der Waals surface area contributed by atoms with Gasteiger partial charge in [0.05, 0.1) is 0 Å². The second kappa shape index (κ2) is 10.4. The number of hydrogen-bond acceptors (Lipinski definition) is 3. The molecule has 1 saturated carbocycles. The summed E-state index contributed by atoms with van der Waals surface area (Å²) >= 11 is 0. The van der Waals surface area contributed by atoms with Crippen LogP contribution in [0, 0.1) is 29.6 Å². The average Bonchev–Trinajstić information content (AvgIpc) is 3.45. The molecule has 0 bridgehead atoms. The predicted octanol–water partition coefficient (Wildman–Crippen LogP) is 2.55. The minimum Gasteiger partial charge on any atom is -0.368 e. The fraction of sp³-hybridized carbons (Fsp3) is 0.381. The molecule has 150 valence electrons. The zero-order valence-corrected chi connectivity index (χ0v) is 15.9. The Morgan fingerprint density at radius 2 is 1.79 bits per heavy atom. The van der Waals surface area contributed by atoms with Crippen LogP contribution >= 0.6 is 0 Å². The Bertz CT molecular complexity index is 781. The second-order valence-electron chi connectivity index (χ2n) is 6.45. The number of nitrogens with two attached hydrogens (primary N) is 1. The van der Waals surface area contributed by atoms with Gasteiger partial charge in [0.15, 0.2) is 0 Å². The molecule has 0 aromatic heterocycles. The lowest BCUT2D eigenvalue weighted by Crippen LogP contribution is -2.50. The topological polar surface area (TPSA) is 89.3 Å². The van der Waals surface area contributed by atoms with E-state index in [9.17, 15) is 23.2 Å². The molecule has 4 atom stereocenters. The predicted molar refractivity (Wildman–Crippen MR) is 102 cm³/mol. The Morgan fingerprint density at radius 3 is 2.21 bits per heavy atom. The first kappa shape index (κ1) is 23.0. The maximum Gasteiger partial charge on any atom is 0.251 e. The van der Waals surface area contributed by atoms with E-state index < -0.39 is 30.2 Å². The molecular weight excluding hydrogens is 366 g/mol. The van der Waals surface area contributed by atoms with E-state index in [1.165, 1.54) is 12.1 Å². The summed E-state index contributed by atoms with van der Waals surface area (Å²) in [6, 6.07) is 4.74. The number of carbonyl (C=O) groups is 3. The minimum atomic E-state index is -2.79. The molecule has 0 aliphatic heterocycles. The average molecular weight is 390 g/mol. The van der Waals surface area contributed by atoms with Gasteiger partial charge in [0.1, 0.15) is 11.8 Å². The molecule has 2 amide bonds. The van der Waals surface area contributed by atoms with E-state index in [4.69, 9.17) is 5.73 Å². The van der Waals surface area contributed by atoms with Crippen LogP contribution in [0.5, 0.6) is 0 Å². The van der Waals surface area contributed by atoms with Gasteiger partial charge in [0.2, 0.25) is 12.3 Å². The van der Waals surface area contributed by atoms with Gasteiger partial charge in [-0.1, -0.05) is 18.8 Å². The van der Waals surface area contributed by atoms with Gasteiger partial charge < -0.3 is 11.1 Å². The highest BCUT2D eigenvalue weighted by Crippen LogP contribution is 2.38. The van der Waals surface area contributed by atoms with Gasteiger partial charge in [-0.25, -0.2) is 8.78 Å². The summed E-state index contributed by atoms with van der Waals surface area (Å²) in [5, 5.41) is 2.24. The first-order chi connectivity index (χ1) is 13.2. The third-order valence-corrected chi connectivity index (χ3v) is 4.38. The quantitative estimate of drug-likeness (QED) is 0.578. The molecule has 1 fully saturated rings. The summed E-state index contributed by atoms with van der Waals surface area (Å²) in [6.07, 6.45) is -2.01. The standard InChI is InChI=1S/C19H20F2N2O3.C2H4/c1-10(17(20)21)16(18(22)25)23-19(26)13-6-3-12(4-7-13)5-8-14-9-15(14)11(2)24;1-2/h3-4,6-7,10,14-17H,9H2,1-2H3,(H2,22,25)(H,23,26);1-2H2. The van der Waals surface area contributed by atoms with Crippen LogP contribution in [-0.4, -0.2) is 30.1 Å². The third-order valence-electron chi connectivity index (χ3n) is 4.38. The number of primary amides is 1. The number of Topliss-reactive ketones (excluding diaryl/α,β-unsaturated/α-hetero) is 1. The van der Waals surface area contributed by atoms with Gasteiger partial charge in [0.25, 0.3) is 5.91 Å². The molecule has 5 nitrogen and oxygen atoms in total. The van der Waals surface area contributed by atoms with Gasteiger partial charge in [-0.2, -0.15) is 0 Å². The molecule has 1 aliphatic rings. The van der Waals surface area contributed by atoms with E-state index in [0.29, 0.717) is 5.56 Å². The maximum atomic E-state index is 12.8. The van der Waals surface area contributed by atoms with Crippen LogP contribution in [0.3, 0.4) is 0 Å². The highest BCUT2D eigenvalue weighted by atomic mass is 19.3. The number of hydrogen-bond donors (Lipinski definition) is 2. The number of alkyl halides is 2. The van der Waals surface area contributed by atoms with Crippen molar-refractivity contribution in [2.24, 2.45) is 23.5 Å². The van der Waals surface area contributed by atoms with E-state index in [2.05, 4.69) is 30.3 Å². The lowest BCUT2D eigenvalue weighted by molar-refractivity contribution is -0.122. The second-order valence-corrected chi connectivity index (χ2v) is 6.45. The fourth-order valence-corrected chi connectivity index (χ4v) is 2.52. The lowest BCUT2D eigenvalue weighted by Gasteiger charge is -2.21. The van der Waals surface area contributed by atoms with Gasteiger partial charge >= 0.3 is 0 Å². The monoisotopic (exact) mass is 390 g/mol. The van der Waals surface area contributed by atoms with Crippen LogP contribution in [0.15, 0.2) is 37.4 Å². The van der Waals surface area contributed by atoms with E-state index in [1.54, 1.807) is 19.1 Å². The molecule has 3 N–H and O–H groups in total. The van der Waals surface area contributed by atoms with Gasteiger partial charge in [-0.05, 0) is 37.6 Å². The number of benzene rings is 1. The van der Waals surface area contributed by atoms with Crippen molar-refractivity contribution in [1.82, 2.24) is 5.32 Å². The smallest absolute Gasteiger partial charge is 0.251 e. The van der Waals surface area contributed by atoms with E-state index in [1.807, 2.05) is 0 Å². The van der Waals surface area contributed by atoms with Crippen LogP contribution in [0.1, 0.15) is 36.2 Å². The summed E-state index contributed by atoms with van der Waals surface area (Å²) in [7, 11) is 0. The van der Waals surface area contributed by atoms with Crippen molar-refractivity contribution < 1.29 is 23.2 Å². The molecule has 2 rings (SSSR count). The minimum absolute atomic E-state index is 0.0232. The van der Waals surface area contributed by atoms with Crippen LogP contribution in [0.2, 0.25) is 0 Å². The van der Waals surface area contributed by atoms with Gasteiger partial charge in [-0.15, -0.1) is 13.2 Å². The van der Waals surface area contributed by atoms with Crippen molar-refractivity contribution in [3.63, 3.8) is 0 Å². The number of amides is 2. The molecular formula is C21H24F2N2O3. The number of carbonyl (C=O) groups excluding carboxylic acids is 3. The van der Waals surface area contributed by atoms with Crippen molar-refractivity contribution >= 4 is 17.6 Å². The fourth-order valence-electron chi connectivity index (χ4n) is 2.52. The zero-order valence-electron chi connectivity index (χ0n) is 15.9. The van der Waals surface area contributed by atoms with Crippen LogP contribution in [-0.2, 0) is 9.59 Å². The molecule has 0 radical (unpaired) electrons. The molecule has 28 heavy (non-hydrogen) atoms. The lowest BCUT2D eigenvalue weighted by atomic mass is 10.0. The molecule has 1 aromatic rings. The SMILES string of the molecule is C=C.CC(=O)C1CC1C#Cc1ccc(C(=O)NC(C(N)=O)C(C)C(F)F)cc1. The Kier molecular flexibility index (Phi) is 8.52. The van der Waals surface area contributed by atoms with E-state index in [0.717, 1.165) is 13.3 Å². The summed E-state index contributed by atoms with van der Waals surface area (Å²) in [4.78, 5) is 34.7. The molecule has 0 heterocycles. The Labute approximate surface area is 163 Å². The van der Waals surface area contributed by atoms with E-state index >= 15 is 0 Å². The largest absolute Gasteiger partial charge is 0.368 e. The molecule has 7 heteroatoms. The van der Waals surface area contributed by atoms with Crippen molar-refractivity contribution in [3.8, 4) is 11.8 Å². The number of rotatable bonds is 6. The Morgan fingerprint density at radius 1 is 1.21 bits per heavy atom. The molecule has 1 aromatic carbocycles. The number of halogens is 2. The van der Waals surface area contributed by atoms with Crippen LogP contribution in [0.4, 0.5) is 8.78 Å². The van der Waals surface area contributed by atoms with E-state index in [-0.39, 0.29) is 23.2 Å². The van der Waals surface area contributed by atoms with Crippen molar-refractivity contribution in [1.29, 1.82) is 0 Å². The third kappa shape index (κ3) is 6.31. The zero-order chi connectivity index (χ0) is 21.4. The highest BCUT2D eigenvalue weighted by molar-refractivity contribution is 5.97. The summed E-state index contributed by atoms with van der Waals surface area (Å²) < 4.78 is 25.6. The first-order valence-corrected chi connectivity index (χ1v) is 8.71. The van der Waals surface area contributed by atoms with Gasteiger partial charge in [-0.3, -0.25) is 14.4 Å². The van der Waals surface area contributed by atoms with Crippen LogP contribution in [0.25, 0.3) is 0 Å². The Balaban J connectivity index is 0.00000190. The summed E-state index contributed by atoms with van der Waals surface area (Å²) in [5.41, 5.74) is 5.98. The van der Waals surface area contributed by atoms with Crippen molar-refractivity contribution in [2.75, 3.05) is 0 Å². The molecule has 1 aliphatic carbocycles. The normalized spacial score (nSPS) is 19.2. The first-order valence-electron chi connectivity index (χ1n) is 8.71. The van der Waals surface area contributed by atoms with Crippen molar-refractivity contribution in [3.05, 3.63) is 48.6 Å². The van der Waals surface area contributed by atoms with Crippen LogP contribution < -0.4 is 11.1 Å². The summed E-state index contributed by atoms with van der Waals surface area (Å²) in [6.45, 7) is 8.69. The summed E-state index contributed by atoms with van der Waals surface area (Å²) in [5.74, 6) is 3.12. The molecule has 0 spiro atoms. The number of ketones is 1. The molecule has 4 unspecified atom stereocenters.